The molecule has 0 fully saturated rings. The van der Waals surface area contributed by atoms with Crippen molar-refractivity contribution in [2.75, 3.05) is 6.61 Å². The molecule has 1 atom stereocenters. The summed E-state index contributed by atoms with van der Waals surface area (Å²) in [5.74, 6) is 0. The maximum absolute atomic E-state index is 11.9. The van der Waals surface area contributed by atoms with Crippen LogP contribution in [0.15, 0.2) is 41.8 Å². The van der Waals surface area contributed by atoms with Crippen molar-refractivity contribution in [3.8, 4) is 0 Å². The van der Waals surface area contributed by atoms with Crippen molar-refractivity contribution in [2.24, 2.45) is 0 Å². The van der Waals surface area contributed by atoms with Crippen molar-refractivity contribution < 1.29 is 13.5 Å². The van der Waals surface area contributed by atoms with Crippen LogP contribution in [-0.4, -0.2) is 26.2 Å². The molecule has 1 unspecified atom stereocenters. The number of hydrogen-bond donors (Lipinski definition) is 2. The molecule has 0 saturated heterocycles. The standard InChI is InChI=1S/C12H17NO3S/c1-3-4-11(9-14)13-17(15,16)12-7-5-10(2)6-8-12/h3,5-8,11,13-14H,1,4,9H2,2H3. The van der Waals surface area contributed by atoms with Gasteiger partial charge in [0.05, 0.1) is 11.5 Å². The largest absolute Gasteiger partial charge is 0.395 e. The molecule has 0 aliphatic heterocycles. The lowest BCUT2D eigenvalue weighted by molar-refractivity contribution is 0.257. The van der Waals surface area contributed by atoms with Crippen LogP contribution < -0.4 is 4.72 Å². The highest BCUT2D eigenvalue weighted by Gasteiger charge is 2.18. The second kappa shape index (κ2) is 5.95. The SMILES string of the molecule is C=CCC(CO)NS(=O)(=O)c1ccc(C)cc1. The summed E-state index contributed by atoms with van der Waals surface area (Å²) in [6, 6.07) is 6.02. The number of benzene rings is 1. The number of sulfonamides is 1. The van der Waals surface area contributed by atoms with Gasteiger partial charge in [-0.15, -0.1) is 6.58 Å². The summed E-state index contributed by atoms with van der Waals surface area (Å²) in [5, 5.41) is 9.04. The molecular formula is C12H17NO3S. The zero-order valence-corrected chi connectivity index (χ0v) is 10.6. The first kappa shape index (κ1) is 13.9. The van der Waals surface area contributed by atoms with Crippen LogP contribution in [0.1, 0.15) is 12.0 Å². The Morgan fingerprint density at radius 2 is 2.00 bits per heavy atom. The van der Waals surface area contributed by atoms with Gasteiger partial charge in [-0.1, -0.05) is 23.8 Å². The molecule has 0 bridgehead atoms. The monoisotopic (exact) mass is 255 g/mol. The molecule has 0 radical (unpaired) electrons. The van der Waals surface area contributed by atoms with E-state index >= 15 is 0 Å². The first-order valence-corrected chi connectivity index (χ1v) is 6.78. The Hall–Kier alpha value is -1.17. The summed E-state index contributed by atoms with van der Waals surface area (Å²) in [6.45, 7) is 5.15. The molecular weight excluding hydrogens is 238 g/mol. The average molecular weight is 255 g/mol. The fourth-order valence-corrected chi connectivity index (χ4v) is 2.61. The topological polar surface area (TPSA) is 66.4 Å². The third kappa shape index (κ3) is 3.96. The van der Waals surface area contributed by atoms with Crippen LogP contribution in [0, 0.1) is 6.92 Å². The van der Waals surface area contributed by atoms with Gasteiger partial charge in [0.2, 0.25) is 10.0 Å². The molecule has 2 N–H and O–H groups in total. The van der Waals surface area contributed by atoms with E-state index in [-0.39, 0.29) is 11.5 Å². The van der Waals surface area contributed by atoms with Crippen LogP contribution in [0.5, 0.6) is 0 Å². The van der Waals surface area contributed by atoms with Gasteiger partial charge in [0.15, 0.2) is 0 Å². The predicted octanol–water partition coefficient (Wildman–Crippen LogP) is 1.21. The maximum Gasteiger partial charge on any atom is 0.240 e. The van der Waals surface area contributed by atoms with E-state index in [2.05, 4.69) is 11.3 Å². The van der Waals surface area contributed by atoms with E-state index in [0.717, 1.165) is 5.56 Å². The van der Waals surface area contributed by atoms with Crippen molar-refractivity contribution in [3.63, 3.8) is 0 Å². The minimum atomic E-state index is -3.57. The fourth-order valence-electron chi connectivity index (χ4n) is 1.37. The van der Waals surface area contributed by atoms with E-state index in [1.165, 1.54) is 0 Å². The first-order valence-electron chi connectivity index (χ1n) is 5.30. The van der Waals surface area contributed by atoms with Gasteiger partial charge in [0, 0.05) is 6.04 Å². The van der Waals surface area contributed by atoms with E-state index in [0.29, 0.717) is 6.42 Å². The van der Waals surface area contributed by atoms with E-state index in [1.807, 2.05) is 6.92 Å². The van der Waals surface area contributed by atoms with Crippen molar-refractivity contribution >= 4 is 10.0 Å². The van der Waals surface area contributed by atoms with Crippen LogP contribution in [0.2, 0.25) is 0 Å². The normalized spacial score (nSPS) is 13.3. The molecule has 0 aliphatic rings. The second-order valence-corrected chi connectivity index (χ2v) is 5.55. The molecule has 5 heteroatoms. The summed E-state index contributed by atoms with van der Waals surface area (Å²) in [5.41, 5.74) is 0.994. The highest BCUT2D eigenvalue weighted by molar-refractivity contribution is 7.89. The lowest BCUT2D eigenvalue weighted by atomic mass is 10.2. The van der Waals surface area contributed by atoms with Gasteiger partial charge in [0.25, 0.3) is 0 Å². The zero-order valence-electron chi connectivity index (χ0n) is 9.76. The number of hydrogen-bond acceptors (Lipinski definition) is 3. The van der Waals surface area contributed by atoms with Crippen molar-refractivity contribution in [2.45, 2.75) is 24.3 Å². The van der Waals surface area contributed by atoms with Gasteiger partial charge in [-0.05, 0) is 25.5 Å². The van der Waals surface area contributed by atoms with Gasteiger partial charge in [-0.3, -0.25) is 0 Å². The van der Waals surface area contributed by atoms with Crippen LogP contribution in [0.25, 0.3) is 0 Å². The molecule has 0 amide bonds. The Morgan fingerprint density at radius 1 is 1.41 bits per heavy atom. The van der Waals surface area contributed by atoms with E-state index < -0.39 is 16.1 Å². The Bertz CT molecular complexity index is 465. The van der Waals surface area contributed by atoms with Crippen LogP contribution in [0.4, 0.5) is 0 Å². The average Bonchev–Trinajstić information content (AvgIpc) is 2.28. The highest BCUT2D eigenvalue weighted by Crippen LogP contribution is 2.11. The number of nitrogens with one attached hydrogen (secondary N) is 1. The molecule has 1 aromatic rings. The Kier molecular flexibility index (Phi) is 4.86. The molecule has 0 heterocycles. The Balaban J connectivity index is 2.87. The van der Waals surface area contributed by atoms with Crippen molar-refractivity contribution in [3.05, 3.63) is 42.5 Å². The lowest BCUT2D eigenvalue weighted by Gasteiger charge is -2.14. The molecule has 17 heavy (non-hydrogen) atoms. The molecule has 0 spiro atoms. The molecule has 0 aliphatic carbocycles. The van der Waals surface area contributed by atoms with Crippen LogP contribution in [0.3, 0.4) is 0 Å². The maximum atomic E-state index is 11.9. The summed E-state index contributed by atoms with van der Waals surface area (Å²) < 4.78 is 26.3. The van der Waals surface area contributed by atoms with Gasteiger partial charge < -0.3 is 5.11 Å². The second-order valence-electron chi connectivity index (χ2n) is 3.84. The summed E-state index contributed by atoms with van der Waals surface area (Å²) in [4.78, 5) is 0.200. The molecule has 1 rings (SSSR count). The third-order valence-corrected chi connectivity index (χ3v) is 3.86. The van der Waals surface area contributed by atoms with Crippen LogP contribution >= 0.6 is 0 Å². The number of aliphatic hydroxyl groups is 1. The van der Waals surface area contributed by atoms with Gasteiger partial charge in [0.1, 0.15) is 0 Å². The quantitative estimate of drug-likeness (QED) is 0.751. The number of aryl methyl sites for hydroxylation is 1. The van der Waals surface area contributed by atoms with E-state index in [1.54, 1.807) is 30.3 Å². The molecule has 94 valence electrons. The third-order valence-electron chi connectivity index (χ3n) is 2.32. The Labute approximate surface area is 102 Å². The van der Waals surface area contributed by atoms with Gasteiger partial charge in [-0.25, -0.2) is 13.1 Å². The highest BCUT2D eigenvalue weighted by atomic mass is 32.2. The van der Waals surface area contributed by atoms with E-state index in [4.69, 9.17) is 5.11 Å². The predicted molar refractivity (Wildman–Crippen MR) is 67.2 cm³/mol. The van der Waals surface area contributed by atoms with Crippen molar-refractivity contribution in [1.82, 2.24) is 4.72 Å². The summed E-state index contributed by atoms with van der Waals surface area (Å²) >= 11 is 0. The summed E-state index contributed by atoms with van der Waals surface area (Å²) in [6.07, 6.45) is 1.96. The number of aliphatic hydroxyl groups excluding tert-OH is 1. The minimum Gasteiger partial charge on any atom is -0.395 e. The van der Waals surface area contributed by atoms with Crippen molar-refractivity contribution in [1.29, 1.82) is 0 Å². The minimum absolute atomic E-state index is 0.200. The molecule has 0 saturated carbocycles. The first-order chi connectivity index (χ1) is 7.99. The fraction of sp³-hybridized carbons (Fsp3) is 0.333. The zero-order chi connectivity index (χ0) is 12.9. The smallest absolute Gasteiger partial charge is 0.240 e. The Morgan fingerprint density at radius 3 is 2.47 bits per heavy atom. The summed E-state index contributed by atoms with van der Waals surface area (Å²) in [7, 11) is -3.57. The lowest BCUT2D eigenvalue weighted by Crippen LogP contribution is -2.37. The number of rotatable bonds is 6. The molecule has 1 aromatic carbocycles. The van der Waals surface area contributed by atoms with Gasteiger partial charge >= 0.3 is 0 Å². The van der Waals surface area contributed by atoms with E-state index in [9.17, 15) is 8.42 Å². The van der Waals surface area contributed by atoms with Crippen LogP contribution in [-0.2, 0) is 10.0 Å². The molecule has 0 aromatic heterocycles. The van der Waals surface area contributed by atoms with Gasteiger partial charge in [-0.2, -0.15) is 0 Å². The molecule has 4 nitrogen and oxygen atoms in total.